The molecule has 1 rings (SSSR count). The van der Waals surface area contributed by atoms with Gasteiger partial charge in [-0.2, -0.15) is 0 Å². The molecule has 1 aliphatic heterocycles. The molecule has 0 saturated carbocycles. The van der Waals surface area contributed by atoms with Crippen LogP contribution in [0.25, 0.3) is 0 Å². The van der Waals surface area contributed by atoms with E-state index in [1.165, 1.54) is 0 Å². The molecule has 1 saturated heterocycles. The molecule has 14 heteroatoms. The summed E-state index contributed by atoms with van der Waals surface area (Å²) in [4.78, 5) is 0. The molecule has 0 aromatic heterocycles. The summed E-state index contributed by atoms with van der Waals surface area (Å²) in [6, 6.07) is 0. The van der Waals surface area contributed by atoms with Crippen molar-refractivity contribution in [1.29, 1.82) is 0 Å². The fourth-order valence-electron chi connectivity index (χ4n) is 2.28. The summed E-state index contributed by atoms with van der Waals surface area (Å²) >= 11 is 0. The maximum Gasteiger partial charge on any atom is 0.475 e. The van der Waals surface area contributed by atoms with E-state index in [9.17, 15) is 19.3 Å². The molecule has 6 unspecified atom stereocenters. The molecule has 28 heavy (non-hydrogen) atoms. The topological polar surface area (TPSA) is 148 Å². The SMILES string of the molecule is CCOCC(O)COP(=O)(OC)OC1C(COP(=O)(OC)OC)OC(C)C1O. The van der Waals surface area contributed by atoms with Crippen LogP contribution in [0.3, 0.4) is 0 Å². The van der Waals surface area contributed by atoms with Crippen molar-refractivity contribution in [3.63, 3.8) is 0 Å². The van der Waals surface area contributed by atoms with Crippen molar-refractivity contribution in [2.24, 2.45) is 0 Å². The van der Waals surface area contributed by atoms with E-state index in [4.69, 9.17) is 27.6 Å². The lowest BCUT2D eigenvalue weighted by molar-refractivity contribution is -0.0313. The summed E-state index contributed by atoms with van der Waals surface area (Å²) in [5.74, 6) is 0. The van der Waals surface area contributed by atoms with E-state index < -0.39 is 46.2 Å². The zero-order valence-corrected chi connectivity index (χ0v) is 18.4. The number of hydrogen-bond acceptors (Lipinski definition) is 12. The van der Waals surface area contributed by atoms with Crippen molar-refractivity contribution in [3.05, 3.63) is 0 Å². The van der Waals surface area contributed by atoms with Gasteiger partial charge < -0.3 is 19.7 Å². The molecule has 0 aliphatic carbocycles. The highest BCUT2D eigenvalue weighted by molar-refractivity contribution is 7.48. The lowest BCUT2D eigenvalue weighted by atomic mass is 10.1. The standard InChI is InChI=1S/C14H30O12P2/c1-6-22-7-11(15)8-23-28(18,21-5)26-14-12(25-10(2)13(14)16)9-24-27(17,19-3)20-4/h10-16H,6-9H2,1-5H3. The molecule has 1 fully saturated rings. The number of phosphoric acid groups is 2. The van der Waals surface area contributed by atoms with Crippen molar-refractivity contribution in [3.8, 4) is 0 Å². The summed E-state index contributed by atoms with van der Waals surface area (Å²) in [6.45, 7) is 2.97. The number of rotatable bonds is 14. The normalized spacial score (nSPS) is 29.0. The van der Waals surface area contributed by atoms with Crippen LogP contribution < -0.4 is 0 Å². The van der Waals surface area contributed by atoms with Crippen LogP contribution in [-0.4, -0.2) is 88.5 Å². The minimum absolute atomic E-state index is 0.0216. The molecule has 2 N–H and O–H groups in total. The number of aliphatic hydroxyl groups is 2. The summed E-state index contributed by atoms with van der Waals surface area (Å²) in [7, 11) is -4.56. The lowest BCUT2D eigenvalue weighted by Crippen LogP contribution is -2.36. The van der Waals surface area contributed by atoms with Crippen molar-refractivity contribution < 1.29 is 56.0 Å². The molecule has 1 aliphatic rings. The highest BCUT2D eigenvalue weighted by Crippen LogP contribution is 2.53. The van der Waals surface area contributed by atoms with E-state index in [1.807, 2.05) is 0 Å². The van der Waals surface area contributed by atoms with E-state index in [1.54, 1.807) is 13.8 Å². The third kappa shape index (κ3) is 7.71. The first kappa shape index (κ1) is 26.1. The Morgan fingerprint density at radius 3 is 2.18 bits per heavy atom. The summed E-state index contributed by atoms with van der Waals surface area (Å²) in [6.07, 6.45) is -5.10. The highest BCUT2D eigenvalue weighted by atomic mass is 31.2. The van der Waals surface area contributed by atoms with Crippen LogP contribution in [0.2, 0.25) is 0 Å². The Kier molecular flexibility index (Phi) is 11.2. The van der Waals surface area contributed by atoms with Gasteiger partial charge in [0.05, 0.1) is 25.9 Å². The van der Waals surface area contributed by atoms with Crippen LogP contribution >= 0.6 is 15.6 Å². The molecule has 12 nitrogen and oxygen atoms in total. The number of ether oxygens (including phenoxy) is 2. The Morgan fingerprint density at radius 2 is 1.64 bits per heavy atom. The van der Waals surface area contributed by atoms with Crippen LogP contribution in [0.5, 0.6) is 0 Å². The van der Waals surface area contributed by atoms with E-state index in [-0.39, 0.29) is 19.8 Å². The average molecular weight is 452 g/mol. The fourth-order valence-corrected chi connectivity index (χ4v) is 4.14. The van der Waals surface area contributed by atoms with Crippen LogP contribution in [0.15, 0.2) is 0 Å². The Bertz CT molecular complexity index is 538. The summed E-state index contributed by atoms with van der Waals surface area (Å²) < 4.78 is 64.9. The van der Waals surface area contributed by atoms with Gasteiger partial charge in [-0.1, -0.05) is 0 Å². The fraction of sp³-hybridized carbons (Fsp3) is 1.00. The van der Waals surface area contributed by atoms with Gasteiger partial charge in [-0.25, -0.2) is 9.13 Å². The van der Waals surface area contributed by atoms with E-state index in [0.29, 0.717) is 6.61 Å². The maximum absolute atomic E-state index is 12.7. The highest BCUT2D eigenvalue weighted by Gasteiger charge is 2.47. The molecule has 1 heterocycles. The Labute approximate surface area is 164 Å². The number of hydrogen-bond donors (Lipinski definition) is 2. The van der Waals surface area contributed by atoms with E-state index in [2.05, 4.69) is 9.05 Å². The van der Waals surface area contributed by atoms with Gasteiger partial charge in [0.1, 0.15) is 24.4 Å². The third-order valence-corrected chi connectivity index (χ3v) is 6.61. The van der Waals surface area contributed by atoms with Gasteiger partial charge in [0.15, 0.2) is 0 Å². The van der Waals surface area contributed by atoms with Gasteiger partial charge in [-0.15, -0.1) is 0 Å². The minimum Gasteiger partial charge on any atom is -0.388 e. The van der Waals surface area contributed by atoms with Gasteiger partial charge >= 0.3 is 15.6 Å². The predicted molar refractivity (Wildman–Crippen MR) is 95.9 cm³/mol. The minimum atomic E-state index is -4.16. The monoisotopic (exact) mass is 452 g/mol. The molecule has 0 aromatic rings. The molecule has 168 valence electrons. The van der Waals surface area contributed by atoms with E-state index >= 15 is 0 Å². The Hall–Kier alpha value is 0.0600. The van der Waals surface area contributed by atoms with Crippen LogP contribution in [0, 0.1) is 0 Å². The first-order valence-corrected chi connectivity index (χ1v) is 11.5. The van der Waals surface area contributed by atoms with Gasteiger partial charge in [0.2, 0.25) is 0 Å². The maximum atomic E-state index is 12.7. The van der Waals surface area contributed by atoms with Gasteiger partial charge in [0, 0.05) is 27.9 Å². The lowest BCUT2D eigenvalue weighted by Gasteiger charge is -2.26. The second-order valence-electron chi connectivity index (χ2n) is 5.79. The van der Waals surface area contributed by atoms with Crippen molar-refractivity contribution >= 4 is 15.6 Å². The van der Waals surface area contributed by atoms with Gasteiger partial charge in [-0.05, 0) is 13.8 Å². The second kappa shape index (κ2) is 12.0. The zero-order chi connectivity index (χ0) is 21.4. The quantitative estimate of drug-likeness (QED) is 0.364. The molecular formula is C14H30O12P2. The van der Waals surface area contributed by atoms with Crippen LogP contribution in [0.1, 0.15) is 13.8 Å². The summed E-state index contributed by atoms with van der Waals surface area (Å²) in [5.41, 5.74) is 0. The number of aliphatic hydroxyl groups excluding tert-OH is 2. The molecule has 0 radical (unpaired) electrons. The molecule has 6 atom stereocenters. The van der Waals surface area contributed by atoms with Crippen molar-refractivity contribution in [1.82, 2.24) is 0 Å². The molecular weight excluding hydrogens is 422 g/mol. The second-order valence-corrected chi connectivity index (χ2v) is 9.40. The van der Waals surface area contributed by atoms with Gasteiger partial charge in [0.25, 0.3) is 0 Å². The Morgan fingerprint density at radius 1 is 1.04 bits per heavy atom. The van der Waals surface area contributed by atoms with Gasteiger partial charge in [-0.3, -0.25) is 27.1 Å². The molecule has 0 bridgehead atoms. The first-order chi connectivity index (χ1) is 13.1. The van der Waals surface area contributed by atoms with Crippen LogP contribution in [0.4, 0.5) is 0 Å². The van der Waals surface area contributed by atoms with Crippen molar-refractivity contribution in [2.45, 2.75) is 44.4 Å². The number of phosphoric ester groups is 2. The third-order valence-electron chi connectivity index (χ3n) is 3.83. The average Bonchev–Trinajstić information content (AvgIpc) is 2.96. The first-order valence-electron chi connectivity index (χ1n) is 8.57. The zero-order valence-electron chi connectivity index (χ0n) is 16.6. The largest absolute Gasteiger partial charge is 0.475 e. The van der Waals surface area contributed by atoms with Crippen LogP contribution in [-0.2, 0) is 45.7 Å². The predicted octanol–water partition coefficient (Wildman–Crippen LogP) is 1.11. The Balaban J connectivity index is 2.75. The van der Waals surface area contributed by atoms with Crippen molar-refractivity contribution in [2.75, 3.05) is 47.8 Å². The van der Waals surface area contributed by atoms with E-state index in [0.717, 1.165) is 21.3 Å². The smallest absolute Gasteiger partial charge is 0.388 e. The molecule has 0 aromatic carbocycles. The molecule has 0 amide bonds. The summed E-state index contributed by atoms with van der Waals surface area (Å²) in [5, 5.41) is 20.0. The molecule has 0 spiro atoms.